The molecule has 0 aliphatic carbocycles. The molecular weight excluding hydrogens is 355 g/mol. The Morgan fingerprint density at radius 3 is 2.38 bits per heavy atom. The van der Waals surface area contributed by atoms with Crippen LogP contribution in [0.3, 0.4) is 0 Å². The summed E-state index contributed by atoms with van der Waals surface area (Å²) in [6.07, 6.45) is 0. The minimum Gasteiger partial charge on any atom is -0.492 e. The molecule has 2 aromatic rings. The second-order valence-corrected chi connectivity index (χ2v) is 8.26. The molecule has 0 radical (unpaired) electrons. The summed E-state index contributed by atoms with van der Waals surface area (Å²) in [5.74, 6) is 0.331. The highest BCUT2D eigenvalue weighted by Gasteiger charge is 2.28. The van der Waals surface area contributed by atoms with Gasteiger partial charge >= 0.3 is 0 Å². The van der Waals surface area contributed by atoms with E-state index in [9.17, 15) is 12.8 Å². The maximum atomic E-state index is 13.7. The molecule has 0 amide bonds. The number of benzene rings is 2. The highest BCUT2D eigenvalue weighted by molar-refractivity contribution is 7.89. The highest BCUT2D eigenvalue weighted by atomic mass is 32.2. The quantitative estimate of drug-likeness (QED) is 0.775. The molecule has 26 heavy (non-hydrogen) atoms. The van der Waals surface area contributed by atoms with Crippen molar-refractivity contribution in [1.82, 2.24) is 9.21 Å². The van der Waals surface area contributed by atoms with E-state index in [-0.39, 0.29) is 4.90 Å². The lowest BCUT2D eigenvalue weighted by Crippen LogP contribution is -2.49. The lowest BCUT2D eigenvalue weighted by Gasteiger charge is -2.33. The van der Waals surface area contributed by atoms with Gasteiger partial charge < -0.3 is 4.74 Å². The molecule has 0 saturated carbocycles. The molecular formula is C19H23FN2O3S. The number of sulfonamides is 1. The summed E-state index contributed by atoms with van der Waals surface area (Å²) in [4.78, 5) is 2.19. The van der Waals surface area contributed by atoms with Gasteiger partial charge in [0.05, 0.1) is 4.90 Å². The number of halogens is 1. The Labute approximate surface area is 154 Å². The molecule has 0 spiro atoms. The minimum absolute atomic E-state index is 0.0152. The lowest BCUT2D eigenvalue weighted by molar-refractivity contribution is 0.159. The second-order valence-electron chi connectivity index (χ2n) is 6.32. The molecule has 0 N–H and O–H groups in total. The Hall–Kier alpha value is -1.96. The summed E-state index contributed by atoms with van der Waals surface area (Å²) >= 11 is 0. The molecule has 3 rings (SSSR count). The van der Waals surface area contributed by atoms with Gasteiger partial charge in [-0.2, -0.15) is 4.31 Å². The van der Waals surface area contributed by atoms with E-state index in [0.717, 1.165) is 18.4 Å². The van der Waals surface area contributed by atoms with Crippen LogP contribution in [0.15, 0.2) is 53.4 Å². The van der Waals surface area contributed by atoms with Crippen LogP contribution < -0.4 is 4.74 Å². The van der Waals surface area contributed by atoms with Gasteiger partial charge in [-0.3, -0.25) is 4.90 Å². The van der Waals surface area contributed by atoms with Crippen LogP contribution in [0.4, 0.5) is 4.39 Å². The standard InChI is InChI=1S/C19H23FN2O3S/c1-16-7-8-18(15-19(16)20)26(23,24)22-11-9-21(10-12-22)13-14-25-17-5-3-2-4-6-17/h2-8,15H,9-14H2,1H3. The third-order valence-electron chi connectivity index (χ3n) is 4.53. The first-order chi connectivity index (χ1) is 12.5. The molecule has 0 unspecified atom stereocenters. The van der Waals surface area contributed by atoms with Gasteiger partial charge in [-0.05, 0) is 36.8 Å². The number of nitrogens with zero attached hydrogens (tertiary/aromatic N) is 2. The Bertz CT molecular complexity index is 835. The van der Waals surface area contributed by atoms with Crippen LogP contribution in [0.5, 0.6) is 5.75 Å². The number of hydrogen-bond donors (Lipinski definition) is 0. The molecule has 140 valence electrons. The van der Waals surface area contributed by atoms with Crippen LogP contribution in [-0.4, -0.2) is 57.0 Å². The van der Waals surface area contributed by atoms with E-state index in [1.165, 1.54) is 16.4 Å². The van der Waals surface area contributed by atoms with Crippen LogP contribution in [0.1, 0.15) is 5.56 Å². The van der Waals surface area contributed by atoms with Crippen molar-refractivity contribution >= 4 is 10.0 Å². The molecule has 7 heteroatoms. The molecule has 1 fully saturated rings. The van der Waals surface area contributed by atoms with E-state index in [1.54, 1.807) is 6.92 Å². The number of aryl methyl sites for hydroxylation is 1. The van der Waals surface area contributed by atoms with E-state index in [4.69, 9.17) is 4.74 Å². The van der Waals surface area contributed by atoms with Gasteiger partial charge in [-0.1, -0.05) is 24.3 Å². The Balaban J connectivity index is 1.52. The highest BCUT2D eigenvalue weighted by Crippen LogP contribution is 2.20. The molecule has 1 aliphatic heterocycles. The van der Waals surface area contributed by atoms with Crippen molar-refractivity contribution < 1.29 is 17.5 Å². The van der Waals surface area contributed by atoms with E-state index in [1.807, 2.05) is 30.3 Å². The smallest absolute Gasteiger partial charge is 0.243 e. The molecule has 1 heterocycles. The maximum absolute atomic E-state index is 13.7. The first-order valence-electron chi connectivity index (χ1n) is 8.63. The normalized spacial score (nSPS) is 16.5. The van der Waals surface area contributed by atoms with Gasteiger partial charge in [0, 0.05) is 32.7 Å². The van der Waals surface area contributed by atoms with Crippen molar-refractivity contribution in [3.05, 3.63) is 59.9 Å². The van der Waals surface area contributed by atoms with Gasteiger partial charge in [-0.15, -0.1) is 0 Å². The summed E-state index contributed by atoms with van der Waals surface area (Å²) in [5, 5.41) is 0. The number of piperazine rings is 1. The van der Waals surface area contributed by atoms with Gasteiger partial charge in [-0.25, -0.2) is 12.8 Å². The lowest BCUT2D eigenvalue weighted by atomic mass is 10.2. The predicted octanol–water partition coefficient (Wildman–Crippen LogP) is 2.52. The fraction of sp³-hybridized carbons (Fsp3) is 0.368. The van der Waals surface area contributed by atoms with Crippen molar-refractivity contribution in [2.45, 2.75) is 11.8 Å². The van der Waals surface area contributed by atoms with Crippen LogP contribution in [0.25, 0.3) is 0 Å². The van der Waals surface area contributed by atoms with E-state index in [0.29, 0.717) is 38.3 Å². The van der Waals surface area contributed by atoms with E-state index >= 15 is 0 Å². The fourth-order valence-electron chi connectivity index (χ4n) is 2.89. The van der Waals surface area contributed by atoms with E-state index < -0.39 is 15.8 Å². The first kappa shape index (κ1) is 18.8. The molecule has 0 aromatic heterocycles. The van der Waals surface area contributed by atoms with Gasteiger partial charge in [0.15, 0.2) is 0 Å². The molecule has 0 atom stereocenters. The molecule has 0 bridgehead atoms. The van der Waals surface area contributed by atoms with Crippen molar-refractivity contribution in [3.63, 3.8) is 0 Å². The zero-order valence-corrected chi connectivity index (χ0v) is 15.6. The maximum Gasteiger partial charge on any atom is 0.243 e. The zero-order valence-electron chi connectivity index (χ0n) is 14.8. The summed E-state index contributed by atoms with van der Waals surface area (Å²) < 4.78 is 46.2. The van der Waals surface area contributed by atoms with Gasteiger partial charge in [0.1, 0.15) is 18.2 Å². The minimum atomic E-state index is -3.65. The van der Waals surface area contributed by atoms with E-state index in [2.05, 4.69) is 4.90 Å². The van der Waals surface area contributed by atoms with Crippen LogP contribution in [0, 0.1) is 12.7 Å². The molecule has 1 aliphatic rings. The largest absolute Gasteiger partial charge is 0.492 e. The summed E-state index contributed by atoms with van der Waals surface area (Å²) in [6.45, 7) is 4.95. The third kappa shape index (κ3) is 4.41. The predicted molar refractivity (Wildman–Crippen MR) is 98.3 cm³/mol. The van der Waals surface area contributed by atoms with Crippen molar-refractivity contribution in [3.8, 4) is 5.75 Å². The molecule has 5 nitrogen and oxygen atoms in total. The summed E-state index contributed by atoms with van der Waals surface area (Å²) in [6, 6.07) is 13.7. The molecule has 1 saturated heterocycles. The fourth-order valence-corrected chi connectivity index (χ4v) is 4.32. The molecule has 2 aromatic carbocycles. The van der Waals surface area contributed by atoms with Gasteiger partial charge in [0.25, 0.3) is 0 Å². The van der Waals surface area contributed by atoms with Gasteiger partial charge in [0.2, 0.25) is 10.0 Å². The summed E-state index contributed by atoms with van der Waals surface area (Å²) in [7, 11) is -3.65. The number of hydrogen-bond acceptors (Lipinski definition) is 4. The number of rotatable bonds is 6. The number of ether oxygens (including phenoxy) is 1. The average molecular weight is 378 g/mol. The Morgan fingerprint density at radius 2 is 1.73 bits per heavy atom. The van der Waals surface area contributed by atoms with Crippen molar-refractivity contribution in [1.29, 1.82) is 0 Å². The Morgan fingerprint density at radius 1 is 1.04 bits per heavy atom. The Kier molecular flexibility index (Phi) is 5.90. The third-order valence-corrected chi connectivity index (χ3v) is 6.43. The second kappa shape index (κ2) is 8.16. The van der Waals surface area contributed by atoms with Crippen molar-refractivity contribution in [2.75, 3.05) is 39.3 Å². The zero-order chi connectivity index (χ0) is 18.6. The number of para-hydroxylation sites is 1. The SMILES string of the molecule is Cc1ccc(S(=O)(=O)N2CCN(CCOc3ccccc3)CC2)cc1F. The van der Waals surface area contributed by atoms with Crippen molar-refractivity contribution in [2.24, 2.45) is 0 Å². The van der Waals surface area contributed by atoms with Crippen LogP contribution >= 0.6 is 0 Å². The first-order valence-corrected chi connectivity index (χ1v) is 10.1. The average Bonchev–Trinajstić information content (AvgIpc) is 2.65. The summed E-state index contributed by atoms with van der Waals surface area (Å²) in [5.41, 5.74) is 0.437. The monoisotopic (exact) mass is 378 g/mol. The van der Waals surface area contributed by atoms with Crippen LogP contribution in [-0.2, 0) is 10.0 Å². The van der Waals surface area contributed by atoms with Crippen LogP contribution in [0.2, 0.25) is 0 Å². The topological polar surface area (TPSA) is 49.9 Å².